The Bertz CT molecular complexity index is 477. The quantitative estimate of drug-likeness (QED) is 0.832. The Labute approximate surface area is 125 Å². The molecule has 0 bridgehead atoms. The summed E-state index contributed by atoms with van der Waals surface area (Å²) in [5.41, 5.74) is 0.229. The third kappa shape index (κ3) is 5.61. The maximum absolute atomic E-state index is 11.8. The number of amides is 1. The van der Waals surface area contributed by atoms with Crippen LogP contribution in [0.15, 0.2) is 22.7 Å². The Hall–Kier alpha value is -1.07. The van der Waals surface area contributed by atoms with Crippen molar-refractivity contribution in [3.63, 3.8) is 0 Å². The number of benzene rings is 1. The van der Waals surface area contributed by atoms with Gasteiger partial charge in [-0.15, -0.1) is 0 Å². The molecule has 0 radical (unpaired) electrons. The first-order chi connectivity index (χ1) is 8.90. The van der Waals surface area contributed by atoms with Crippen LogP contribution in [0.4, 0.5) is 0 Å². The number of hydrogen-bond donors (Lipinski definition) is 1. The van der Waals surface area contributed by atoms with E-state index in [2.05, 4.69) is 21.2 Å². The summed E-state index contributed by atoms with van der Waals surface area (Å²) in [6, 6.07) is 4.85. The van der Waals surface area contributed by atoms with Gasteiger partial charge in [0.15, 0.2) is 6.61 Å². The molecule has 0 heterocycles. The maximum atomic E-state index is 11.8. The fourth-order valence-electron chi connectivity index (χ4n) is 1.23. The molecule has 0 spiro atoms. The lowest BCUT2D eigenvalue weighted by Gasteiger charge is -2.09. The lowest BCUT2D eigenvalue weighted by atomic mass is 10.2. The van der Waals surface area contributed by atoms with Crippen molar-refractivity contribution in [1.29, 1.82) is 0 Å². The molecule has 0 aliphatic rings. The van der Waals surface area contributed by atoms with E-state index in [1.165, 1.54) is 0 Å². The largest absolute Gasteiger partial charge is 0.452 e. The normalized spacial score (nSPS) is 10.4. The standard InChI is InChI=1S/C13H15BrClNO3/c1-8(2)6-16-12(17)7-19-13(18)10-5-9(14)3-4-11(10)15/h3-5,8H,6-7H2,1-2H3,(H,16,17). The molecule has 1 N–H and O–H groups in total. The van der Waals surface area contributed by atoms with Gasteiger partial charge in [-0.1, -0.05) is 41.4 Å². The highest BCUT2D eigenvalue weighted by Crippen LogP contribution is 2.21. The second-order valence-electron chi connectivity index (χ2n) is 4.40. The van der Waals surface area contributed by atoms with E-state index in [1.807, 2.05) is 13.8 Å². The first kappa shape index (κ1) is 16.0. The van der Waals surface area contributed by atoms with Crippen LogP contribution in [-0.4, -0.2) is 25.0 Å². The monoisotopic (exact) mass is 347 g/mol. The van der Waals surface area contributed by atoms with Gasteiger partial charge in [0, 0.05) is 11.0 Å². The summed E-state index contributed by atoms with van der Waals surface area (Å²) < 4.78 is 5.62. The van der Waals surface area contributed by atoms with Crippen LogP contribution in [0.5, 0.6) is 0 Å². The first-order valence-corrected chi connectivity index (χ1v) is 6.96. The van der Waals surface area contributed by atoms with Crippen molar-refractivity contribution < 1.29 is 14.3 Å². The van der Waals surface area contributed by atoms with Crippen LogP contribution in [0.3, 0.4) is 0 Å². The topological polar surface area (TPSA) is 55.4 Å². The van der Waals surface area contributed by atoms with Crippen LogP contribution in [0.2, 0.25) is 5.02 Å². The molecule has 0 fully saturated rings. The molecular weight excluding hydrogens is 334 g/mol. The summed E-state index contributed by atoms with van der Waals surface area (Å²) in [6.07, 6.45) is 0. The van der Waals surface area contributed by atoms with Gasteiger partial charge in [0.1, 0.15) is 0 Å². The average Bonchev–Trinajstić information content (AvgIpc) is 2.36. The van der Waals surface area contributed by atoms with Gasteiger partial charge in [-0.3, -0.25) is 4.79 Å². The number of hydrogen-bond acceptors (Lipinski definition) is 3. The number of nitrogens with one attached hydrogen (secondary N) is 1. The highest BCUT2D eigenvalue weighted by atomic mass is 79.9. The van der Waals surface area contributed by atoms with Gasteiger partial charge >= 0.3 is 5.97 Å². The number of rotatable bonds is 5. The first-order valence-electron chi connectivity index (χ1n) is 5.79. The summed E-state index contributed by atoms with van der Waals surface area (Å²) >= 11 is 9.13. The molecule has 0 saturated carbocycles. The number of ether oxygens (including phenoxy) is 1. The molecule has 6 heteroatoms. The summed E-state index contributed by atoms with van der Waals surface area (Å²) in [5, 5.41) is 2.94. The summed E-state index contributed by atoms with van der Waals surface area (Å²) in [4.78, 5) is 23.2. The van der Waals surface area contributed by atoms with Crippen LogP contribution < -0.4 is 5.32 Å². The molecule has 0 aromatic heterocycles. The van der Waals surface area contributed by atoms with Crippen LogP contribution in [-0.2, 0) is 9.53 Å². The Balaban J connectivity index is 2.51. The Morgan fingerprint density at radius 3 is 2.74 bits per heavy atom. The third-order valence-electron chi connectivity index (χ3n) is 2.19. The number of esters is 1. The highest BCUT2D eigenvalue weighted by molar-refractivity contribution is 9.10. The van der Waals surface area contributed by atoms with E-state index in [9.17, 15) is 9.59 Å². The molecule has 0 unspecified atom stereocenters. The van der Waals surface area contributed by atoms with Crippen molar-refractivity contribution in [1.82, 2.24) is 5.32 Å². The van der Waals surface area contributed by atoms with Gasteiger partial charge in [-0.25, -0.2) is 4.79 Å². The molecule has 0 saturated heterocycles. The lowest BCUT2D eigenvalue weighted by Crippen LogP contribution is -2.31. The highest BCUT2D eigenvalue weighted by Gasteiger charge is 2.14. The minimum atomic E-state index is -0.619. The van der Waals surface area contributed by atoms with E-state index >= 15 is 0 Å². The predicted octanol–water partition coefficient (Wildman–Crippen LogP) is 3.03. The van der Waals surface area contributed by atoms with Crippen LogP contribution >= 0.6 is 27.5 Å². The molecule has 4 nitrogen and oxygen atoms in total. The van der Waals surface area contributed by atoms with Crippen molar-refractivity contribution in [2.45, 2.75) is 13.8 Å². The average molecular weight is 349 g/mol. The molecule has 104 valence electrons. The van der Waals surface area contributed by atoms with Crippen molar-refractivity contribution >= 4 is 39.4 Å². The molecule has 0 aliphatic carbocycles. The Kier molecular flexibility index (Phi) is 6.31. The molecule has 19 heavy (non-hydrogen) atoms. The second-order valence-corrected chi connectivity index (χ2v) is 5.72. The molecule has 1 aromatic carbocycles. The predicted molar refractivity (Wildman–Crippen MR) is 77.3 cm³/mol. The molecular formula is C13H15BrClNO3. The van der Waals surface area contributed by atoms with Crippen molar-refractivity contribution in [3.05, 3.63) is 33.3 Å². The minimum absolute atomic E-state index is 0.229. The van der Waals surface area contributed by atoms with E-state index < -0.39 is 5.97 Å². The van der Waals surface area contributed by atoms with Gasteiger partial charge in [0.25, 0.3) is 5.91 Å². The van der Waals surface area contributed by atoms with Crippen molar-refractivity contribution in [2.24, 2.45) is 5.92 Å². The smallest absolute Gasteiger partial charge is 0.340 e. The summed E-state index contributed by atoms with van der Waals surface area (Å²) in [7, 11) is 0. The van der Waals surface area contributed by atoms with Crippen LogP contribution in [0.25, 0.3) is 0 Å². The number of halogens is 2. The fraction of sp³-hybridized carbons (Fsp3) is 0.385. The minimum Gasteiger partial charge on any atom is -0.452 e. The zero-order valence-electron chi connectivity index (χ0n) is 10.7. The third-order valence-corrected chi connectivity index (χ3v) is 3.01. The Morgan fingerprint density at radius 2 is 2.11 bits per heavy atom. The van der Waals surface area contributed by atoms with E-state index in [-0.39, 0.29) is 23.1 Å². The molecule has 0 atom stereocenters. The molecule has 1 amide bonds. The molecule has 1 aromatic rings. The number of carbonyl (C=O) groups is 2. The number of carbonyl (C=O) groups excluding carboxylic acids is 2. The summed E-state index contributed by atoms with van der Waals surface area (Å²) in [5.74, 6) is -0.599. The zero-order valence-corrected chi connectivity index (χ0v) is 13.0. The molecule has 0 aliphatic heterocycles. The zero-order chi connectivity index (χ0) is 14.4. The SMILES string of the molecule is CC(C)CNC(=O)COC(=O)c1cc(Br)ccc1Cl. The van der Waals surface area contributed by atoms with E-state index in [4.69, 9.17) is 16.3 Å². The lowest BCUT2D eigenvalue weighted by molar-refractivity contribution is -0.124. The van der Waals surface area contributed by atoms with Gasteiger partial charge < -0.3 is 10.1 Å². The Morgan fingerprint density at radius 1 is 1.42 bits per heavy atom. The van der Waals surface area contributed by atoms with Gasteiger partial charge in [0.05, 0.1) is 10.6 Å². The van der Waals surface area contributed by atoms with Crippen molar-refractivity contribution in [3.8, 4) is 0 Å². The van der Waals surface area contributed by atoms with Gasteiger partial charge in [0.2, 0.25) is 0 Å². The van der Waals surface area contributed by atoms with Crippen LogP contribution in [0.1, 0.15) is 24.2 Å². The second kappa shape index (κ2) is 7.50. The van der Waals surface area contributed by atoms with E-state index in [1.54, 1.807) is 18.2 Å². The van der Waals surface area contributed by atoms with E-state index in [0.717, 1.165) is 0 Å². The van der Waals surface area contributed by atoms with Crippen LogP contribution in [0, 0.1) is 5.92 Å². The van der Waals surface area contributed by atoms with Gasteiger partial charge in [-0.05, 0) is 24.1 Å². The van der Waals surface area contributed by atoms with Gasteiger partial charge in [-0.2, -0.15) is 0 Å². The maximum Gasteiger partial charge on any atom is 0.340 e. The molecule has 1 rings (SSSR count). The van der Waals surface area contributed by atoms with Crippen molar-refractivity contribution in [2.75, 3.05) is 13.2 Å². The fourth-order valence-corrected chi connectivity index (χ4v) is 1.79. The van der Waals surface area contributed by atoms with E-state index in [0.29, 0.717) is 16.9 Å². The summed E-state index contributed by atoms with van der Waals surface area (Å²) in [6.45, 7) is 4.20.